The topological polar surface area (TPSA) is 85.2 Å². The lowest BCUT2D eigenvalue weighted by molar-refractivity contribution is 0.0683. The van der Waals surface area contributed by atoms with Crippen molar-refractivity contribution >= 4 is 5.78 Å². The predicted octanol–water partition coefficient (Wildman–Crippen LogP) is 4.93. The number of hydrogen-bond donors (Lipinski definition) is 2. The van der Waals surface area contributed by atoms with Crippen LogP contribution >= 0.6 is 0 Å². The fourth-order valence-corrected chi connectivity index (χ4v) is 4.68. The van der Waals surface area contributed by atoms with Gasteiger partial charge in [-0.25, -0.2) is 0 Å². The van der Waals surface area contributed by atoms with E-state index in [-0.39, 0.29) is 35.4 Å². The Morgan fingerprint density at radius 1 is 1.16 bits per heavy atom. The molecule has 0 radical (unpaired) electrons. The summed E-state index contributed by atoms with van der Waals surface area (Å²) < 4.78 is 18.6. The number of Topliss-reactive ketones (excluding diaryl/α,β-unsaturated/α-hetero) is 1. The minimum absolute atomic E-state index is 0.0888. The Labute approximate surface area is 181 Å². The average molecular weight is 422 g/mol. The van der Waals surface area contributed by atoms with Gasteiger partial charge in [-0.2, -0.15) is 0 Å². The van der Waals surface area contributed by atoms with Gasteiger partial charge in [0.05, 0.1) is 24.7 Å². The average Bonchev–Trinajstić information content (AvgIpc) is 3.02. The predicted molar refractivity (Wildman–Crippen MR) is 114 cm³/mol. The Kier molecular flexibility index (Phi) is 4.52. The lowest BCUT2D eigenvalue weighted by atomic mass is 9.85. The Balaban J connectivity index is 1.68. The number of phenols is 2. The highest BCUT2D eigenvalue weighted by Crippen LogP contribution is 2.57. The number of allylic oxidation sites excluding steroid dienone is 2. The number of ketones is 1. The molecule has 1 fully saturated rings. The van der Waals surface area contributed by atoms with Crippen LogP contribution in [0.1, 0.15) is 72.9 Å². The molecule has 162 valence electrons. The summed E-state index contributed by atoms with van der Waals surface area (Å²) in [6, 6.07) is 6.65. The molecule has 0 amide bonds. The minimum Gasteiger partial charge on any atom is -0.508 e. The molecule has 6 nitrogen and oxygen atoms in total. The molecule has 2 unspecified atom stereocenters. The first-order valence-corrected chi connectivity index (χ1v) is 10.6. The number of aromatic hydroxyl groups is 2. The summed E-state index contributed by atoms with van der Waals surface area (Å²) in [5.74, 6) is 0.843. The number of rotatable bonds is 3. The van der Waals surface area contributed by atoms with Crippen molar-refractivity contribution < 1.29 is 29.2 Å². The van der Waals surface area contributed by atoms with Gasteiger partial charge >= 0.3 is 0 Å². The fraction of sp³-hybridized carbons (Fsp3) is 0.400. The SMILES string of the molecule is CC(C)=CCc1c2c(c(O)c3c1OC1(C)COC3C1)C(=O)C[C@@H](c1ccc(O)cc1)O2. The molecular formula is C25H26O6. The van der Waals surface area contributed by atoms with Crippen LogP contribution in [-0.2, 0) is 11.2 Å². The van der Waals surface area contributed by atoms with Crippen LogP contribution < -0.4 is 9.47 Å². The molecular weight excluding hydrogens is 396 g/mol. The van der Waals surface area contributed by atoms with Crippen molar-refractivity contribution in [2.45, 2.75) is 57.8 Å². The zero-order valence-corrected chi connectivity index (χ0v) is 17.9. The fourth-order valence-electron chi connectivity index (χ4n) is 4.68. The largest absolute Gasteiger partial charge is 0.508 e. The van der Waals surface area contributed by atoms with Crippen LogP contribution in [0.2, 0.25) is 0 Å². The van der Waals surface area contributed by atoms with Gasteiger partial charge in [0.1, 0.15) is 40.3 Å². The number of benzene rings is 2. The molecule has 0 aliphatic carbocycles. The normalized spacial score (nSPS) is 25.8. The van der Waals surface area contributed by atoms with Gasteiger partial charge in [-0.1, -0.05) is 23.8 Å². The van der Waals surface area contributed by atoms with E-state index in [0.717, 1.165) is 16.7 Å². The first kappa shape index (κ1) is 19.9. The molecule has 6 heteroatoms. The van der Waals surface area contributed by atoms with Crippen LogP contribution in [0.5, 0.6) is 23.0 Å². The quantitative estimate of drug-likeness (QED) is 0.683. The summed E-state index contributed by atoms with van der Waals surface area (Å²) in [6.07, 6.45) is 2.53. The highest BCUT2D eigenvalue weighted by atomic mass is 16.6. The van der Waals surface area contributed by atoms with Crippen molar-refractivity contribution in [1.82, 2.24) is 0 Å². The van der Waals surface area contributed by atoms with Crippen LogP contribution in [0.4, 0.5) is 0 Å². The van der Waals surface area contributed by atoms with E-state index in [2.05, 4.69) is 6.08 Å². The van der Waals surface area contributed by atoms with Gasteiger partial charge in [-0.3, -0.25) is 4.79 Å². The van der Waals surface area contributed by atoms with Gasteiger partial charge in [0.2, 0.25) is 0 Å². The molecule has 2 N–H and O–H groups in total. The third-order valence-corrected chi connectivity index (χ3v) is 6.28. The van der Waals surface area contributed by atoms with E-state index in [9.17, 15) is 15.0 Å². The van der Waals surface area contributed by atoms with E-state index in [1.54, 1.807) is 24.3 Å². The standard InChI is InChI=1S/C25H26O6/c1-13(2)4-9-16-23-20(17(27)10-18(30-23)14-5-7-15(26)8-6-14)22(28)21-19-11-25(3,12-29-19)31-24(16)21/h4-8,18-19,26,28H,9-12H2,1-3H3/t18-,19?,25?/m0/s1. The summed E-state index contributed by atoms with van der Waals surface area (Å²) in [5.41, 5.74) is 3.00. The molecule has 5 rings (SSSR count). The van der Waals surface area contributed by atoms with Crippen LogP contribution in [0.3, 0.4) is 0 Å². The van der Waals surface area contributed by atoms with Crippen molar-refractivity contribution in [3.05, 3.63) is 58.2 Å². The first-order valence-electron chi connectivity index (χ1n) is 10.6. The van der Waals surface area contributed by atoms with E-state index in [1.807, 2.05) is 20.8 Å². The minimum atomic E-state index is -0.504. The van der Waals surface area contributed by atoms with Gasteiger partial charge in [0, 0.05) is 12.0 Å². The Bertz CT molecular complexity index is 1100. The van der Waals surface area contributed by atoms with Crippen molar-refractivity contribution in [3.8, 4) is 23.0 Å². The molecule has 3 heterocycles. The lowest BCUT2D eigenvalue weighted by Gasteiger charge is -2.35. The summed E-state index contributed by atoms with van der Waals surface area (Å²) in [5, 5.41) is 20.7. The first-order chi connectivity index (χ1) is 14.8. The highest BCUT2D eigenvalue weighted by molar-refractivity contribution is 6.04. The third kappa shape index (κ3) is 3.26. The number of hydrogen-bond acceptors (Lipinski definition) is 6. The molecule has 2 bridgehead atoms. The van der Waals surface area contributed by atoms with Crippen LogP contribution in [0.15, 0.2) is 35.9 Å². The number of carbonyl (C=O) groups excluding carboxylic acids is 1. The van der Waals surface area contributed by atoms with Crippen LogP contribution in [0.25, 0.3) is 0 Å². The molecule has 0 saturated carbocycles. The number of fused-ring (bicyclic) bond motifs is 5. The second-order valence-corrected chi connectivity index (χ2v) is 9.14. The van der Waals surface area contributed by atoms with Crippen molar-refractivity contribution in [2.75, 3.05) is 6.61 Å². The van der Waals surface area contributed by atoms with Crippen molar-refractivity contribution in [1.29, 1.82) is 0 Å². The molecule has 3 aliphatic rings. The van der Waals surface area contributed by atoms with Crippen LogP contribution in [-0.4, -0.2) is 28.2 Å². The van der Waals surface area contributed by atoms with E-state index in [4.69, 9.17) is 14.2 Å². The van der Waals surface area contributed by atoms with Crippen LogP contribution in [0, 0.1) is 0 Å². The maximum absolute atomic E-state index is 13.2. The Morgan fingerprint density at radius 2 is 1.90 bits per heavy atom. The molecule has 31 heavy (non-hydrogen) atoms. The molecule has 0 spiro atoms. The van der Waals surface area contributed by atoms with Gasteiger partial charge in [-0.15, -0.1) is 0 Å². The van der Waals surface area contributed by atoms with Gasteiger partial charge in [-0.05, 0) is 44.9 Å². The van der Waals surface area contributed by atoms with E-state index in [1.165, 1.54) is 0 Å². The number of carbonyl (C=O) groups is 1. The summed E-state index contributed by atoms with van der Waals surface area (Å²) >= 11 is 0. The summed E-state index contributed by atoms with van der Waals surface area (Å²) in [4.78, 5) is 13.2. The smallest absolute Gasteiger partial charge is 0.174 e. The molecule has 3 aliphatic heterocycles. The Morgan fingerprint density at radius 3 is 2.61 bits per heavy atom. The van der Waals surface area contributed by atoms with E-state index >= 15 is 0 Å². The molecule has 2 aromatic rings. The van der Waals surface area contributed by atoms with Gasteiger partial charge in [0.25, 0.3) is 0 Å². The molecule has 0 aromatic heterocycles. The lowest BCUT2D eigenvalue weighted by Crippen LogP contribution is -2.35. The maximum Gasteiger partial charge on any atom is 0.174 e. The number of ether oxygens (including phenoxy) is 3. The van der Waals surface area contributed by atoms with Crippen molar-refractivity contribution in [3.63, 3.8) is 0 Å². The molecule has 2 aromatic carbocycles. The Hall–Kier alpha value is -2.99. The zero-order chi connectivity index (χ0) is 21.9. The molecule has 1 saturated heterocycles. The molecule has 3 atom stereocenters. The monoisotopic (exact) mass is 422 g/mol. The second kappa shape index (κ2) is 7.02. The summed E-state index contributed by atoms with van der Waals surface area (Å²) in [6.45, 7) is 6.46. The van der Waals surface area contributed by atoms with Crippen molar-refractivity contribution in [2.24, 2.45) is 0 Å². The second-order valence-electron chi connectivity index (χ2n) is 9.14. The van der Waals surface area contributed by atoms with E-state index < -0.39 is 11.7 Å². The van der Waals surface area contributed by atoms with Gasteiger partial charge < -0.3 is 24.4 Å². The highest BCUT2D eigenvalue weighted by Gasteiger charge is 2.49. The zero-order valence-electron chi connectivity index (χ0n) is 17.9. The van der Waals surface area contributed by atoms with Gasteiger partial charge in [0.15, 0.2) is 5.78 Å². The summed E-state index contributed by atoms with van der Waals surface area (Å²) in [7, 11) is 0. The number of phenolic OH excluding ortho intramolecular Hbond substituents is 2. The third-order valence-electron chi connectivity index (χ3n) is 6.28. The maximum atomic E-state index is 13.2. The van der Waals surface area contributed by atoms with E-state index in [0.29, 0.717) is 36.5 Å².